The Balaban J connectivity index is 1.83. The molecule has 1 N–H and O–H groups in total. The Morgan fingerprint density at radius 1 is 1.50 bits per heavy atom. The van der Waals surface area contributed by atoms with Crippen molar-refractivity contribution in [3.8, 4) is 0 Å². The minimum absolute atomic E-state index is 0.317. The third-order valence-corrected chi connectivity index (χ3v) is 5.19. The Bertz CT molecular complexity index is 626. The zero-order valence-corrected chi connectivity index (χ0v) is 13.0. The van der Waals surface area contributed by atoms with Crippen LogP contribution in [0.1, 0.15) is 17.3 Å². The monoisotopic (exact) mass is 341 g/mol. The molecule has 3 aromatic heterocycles. The molecule has 6 heteroatoms. The largest absolute Gasteiger partial charge is 0.313 e. The van der Waals surface area contributed by atoms with Crippen LogP contribution in [-0.2, 0) is 6.42 Å². The van der Waals surface area contributed by atoms with Crippen LogP contribution >= 0.6 is 38.6 Å². The number of aromatic nitrogens is 2. The number of hydrogen-bond acceptors (Lipinski definition) is 4. The summed E-state index contributed by atoms with van der Waals surface area (Å²) in [6, 6.07) is 2.49. The van der Waals surface area contributed by atoms with Gasteiger partial charge in [-0.1, -0.05) is 0 Å². The van der Waals surface area contributed by atoms with Gasteiger partial charge >= 0.3 is 0 Å². The number of fused-ring (bicyclic) bond motifs is 1. The van der Waals surface area contributed by atoms with E-state index in [4.69, 9.17) is 0 Å². The first kappa shape index (κ1) is 12.3. The molecule has 1 atom stereocenters. The lowest BCUT2D eigenvalue weighted by molar-refractivity contribution is 0.588. The molecule has 0 saturated carbocycles. The third-order valence-electron chi connectivity index (χ3n) is 2.89. The Labute approximate surface area is 122 Å². The Morgan fingerprint density at radius 2 is 2.39 bits per heavy atom. The summed E-state index contributed by atoms with van der Waals surface area (Å²) < 4.78 is 3.25. The van der Waals surface area contributed by atoms with Gasteiger partial charge in [0, 0.05) is 30.2 Å². The van der Waals surface area contributed by atoms with Gasteiger partial charge in [-0.3, -0.25) is 4.40 Å². The van der Waals surface area contributed by atoms with E-state index in [2.05, 4.69) is 53.7 Å². The molecule has 3 nitrogen and oxygen atoms in total. The molecule has 0 fully saturated rings. The molecule has 0 aliphatic heterocycles. The fourth-order valence-corrected chi connectivity index (χ4v) is 3.93. The maximum atomic E-state index is 4.63. The van der Waals surface area contributed by atoms with Crippen LogP contribution in [0.3, 0.4) is 0 Å². The predicted molar refractivity (Wildman–Crippen MR) is 80.6 cm³/mol. The second-order valence-corrected chi connectivity index (χ2v) is 7.22. The first-order valence-corrected chi connectivity index (χ1v) is 8.14. The van der Waals surface area contributed by atoms with Gasteiger partial charge in [-0.05, 0) is 40.0 Å². The zero-order valence-electron chi connectivity index (χ0n) is 9.76. The highest BCUT2D eigenvalue weighted by molar-refractivity contribution is 9.11. The topological polar surface area (TPSA) is 29.3 Å². The van der Waals surface area contributed by atoms with Crippen LogP contribution < -0.4 is 5.32 Å². The number of nitrogens with zero attached hydrogens (tertiary/aromatic N) is 2. The molecule has 0 bridgehead atoms. The smallest absolute Gasteiger partial charge is 0.193 e. The lowest BCUT2D eigenvalue weighted by Gasteiger charge is -2.12. The SMILES string of the molecule is CNC(Cc1cn2ccsc2n1)c1csc(Br)c1. The third kappa shape index (κ3) is 2.38. The highest BCUT2D eigenvalue weighted by Gasteiger charge is 2.14. The van der Waals surface area contributed by atoms with E-state index in [1.54, 1.807) is 22.7 Å². The van der Waals surface area contributed by atoms with Crippen LogP contribution in [0.5, 0.6) is 0 Å². The van der Waals surface area contributed by atoms with E-state index in [-0.39, 0.29) is 0 Å². The van der Waals surface area contributed by atoms with E-state index in [9.17, 15) is 0 Å². The van der Waals surface area contributed by atoms with Crippen molar-refractivity contribution < 1.29 is 0 Å². The van der Waals surface area contributed by atoms with Crippen molar-refractivity contribution in [1.82, 2.24) is 14.7 Å². The first-order chi connectivity index (χ1) is 8.76. The van der Waals surface area contributed by atoms with Crippen LogP contribution in [0.15, 0.2) is 33.0 Å². The predicted octanol–water partition coefficient (Wildman–Crippen LogP) is 3.72. The van der Waals surface area contributed by atoms with Crippen LogP contribution in [0.25, 0.3) is 4.96 Å². The van der Waals surface area contributed by atoms with Gasteiger partial charge < -0.3 is 5.32 Å². The van der Waals surface area contributed by atoms with Crippen LogP contribution in [-0.4, -0.2) is 16.4 Å². The van der Waals surface area contributed by atoms with Crippen molar-refractivity contribution in [2.75, 3.05) is 7.05 Å². The molecule has 0 aliphatic carbocycles. The summed E-state index contributed by atoms with van der Waals surface area (Å²) in [6.45, 7) is 0. The van der Waals surface area contributed by atoms with Gasteiger partial charge in [0.05, 0.1) is 9.48 Å². The standard InChI is InChI=1S/C12H12BrN3S2/c1-14-10(8-4-11(13)18-7-8)5-9-6-16-2-3-17-12(16)15-9/h2-4,6-7,10,14H,5H2,1H3. The number of rotatable bonds is 4. The second-order valence-electron chi connectivity index (χ2n) is 4.05. The van der Waals surface area contributed by atoms with Crippen LogP contribution in [0.4, 0.5) is 0 Å². The fourth-order valence-electron chi connectivity index (χ4n) is 1.98. The highest BCUT2D eigenvalue weighted by Crippen LogP contribution is 2.27. The van der Waals surface area contributed by atoms with Gasteiger partial charge in [0.1, 0.15) is 0 Å². The molecule has 3 rings (SSSR count). The van der Waals surface area contributed by atoms with E-state index >= 15 is 0 Å². The maximum Gasteiger partial charge on any atom is 0.193 e. The van der Waals surface area contributed by atoms with Crippen molar-refractivity contribution in [1.29, 1.82) is 0 Å². The number of hydrogen-bond donors (Lipinski definition) is 1. The van der Waals surface area contributed by atoms with Gasteiger partial charge in [0.25, 0.3) is 0 Å². The average molecular weight is 342 g/mol. The van der Waals surface area contributed by atoms with Gasteiger partial charge in [-0.2, -0.15) is 0 Å². The fraction of sp³-hybridized carbons (Fsp3) is 0.250. The Morgan fingerprint density at radius 3 is 3.06 bits per heavy atom. The summed E-state index contributed by atoms with van der Waals surface area (Å²) in [7, 11) is 1.99. The van der Waals surface area contributed by atoms with Crippen molar-refractivity contribution in [3.05, 3.63) is 44.3 Å². The number of nitrogens with one attached hydrogen (secondary N) is 1. The number of thiophene rings is 1. The van der Waals surface area contributed by atoms with Crippen LogP contribution in [0.2, 0.25) is 0 Å². The molecule has 0 radical (unpaired) electrons. The summed E-state index contributed by atoms with van der Waals surface area (Å²) in [6.07, 6.45) is 5.07. The van der Waals surface area contributed by atoms with Gasteiger partial charge in [0.15, 0.2) is 4.96 Å². The van der Waals surface area contributed by atoms with Crippen molar-refractivity contribution >= 4 is 43.6 Å². The quantitative estimate of drug-likeness (QED) is 0.783. The van der Waals surface area contributed by atoms with Crippen LogP contribution in [0, 0.1) is 0 Å². The van der Waals surface area contributed by atoms with E-state index < -0.39 is 0 Å². The molecule has 1 unspecified atom stereocenters. The number of thiazole rings is 1. The highest BCUT2D eigenvalue weighted by atomic mass is 79.9. The maximum absolute atomic E-state index is 4.63. The minimum Gasteiger partial charge on any atom is -0.313 e. The molecule has 0 aromatic carbocycles. The number of likely N-dealkylation sites (N-methyl/N-ethyl adjacent to an activating group) is 1. The average Bonchev–Trinajstić information content (AvgIpc) is 3.00. The van der Waals surface area contributed by atoms with Gasteiger partial charge in [-0.25, -0.2) is 4.98 Å². The normalized spacial score (nSPS) is 13.2. The summed E-state index contributed by atoms with van der Waals surface area (Å²) in [4.78, 5) is 5.69. The molecule has 0 amide bonds. The summed E-state index contributed by atoms with van der Waals surface area (Å²) in [5, 5.41) is 7.59. The molecule has 0 aliphatic rings. The van der Waals surface area contributed by atoms with E-state index in [0.29, 0.717) is 6.04 Å². The van der Waals surface area contributed by atoms with Gasteiger partial charge in [0.2, 0.25) is 0 Å². The molecule has 18 heavy (non-hydrogen) atoms. The number of halogens is 1. The van der Waals surface area contributed by atoms with Crippen molar-refractivity contribution in [2.24, 2.45) is 0 Å². The molecule has 0 spiro atoms. The van der Waals surface area contributed by atoms with Gasteiger partial charge in [-0.15, -0.1) is 22.7 Å². The molecule has 94 valence electrons. The Hall–Kier alpha value is -0.690. The Kier molecular flexibility index (Phi) is 3.52. The second kappa shape index (κ2) is 5.13. The van der Waals surface area contributed by atoms with Crippen molar-refractivity contribution in [2.45, 2.75) is 12.5 Å². The summed E-state index contributed by atoms with van der Waals surface area (Å²) in [5.41, 5.74) is 2.44. The minimum atomic E-state index is 0.317. The zero-order chi connectivity index (χ0) is 12.5. The molecule has 0 saturated heterocycles. The van der Waals surface area contributed by atoms with E-state index in [0.717, 1.165) is 17.1 Å². The van der Waals surface area contributed by atoms with Crippen molar-refractivity contribution in [3.63, 3.8) is 0 Å². The summed E-state index contributed by atoms with van der Waals surface area (Å²) >= 11 is 6.90. The van der Waals surface area contributed by atoms with E-state index in [1.807, 2.05) is 13.2 Å². The number of imidazole rings is 1. The first-order valence-electron chi connectivity index (χ1n) is 5.58. The molecular weight excluding hydrogens is 330 g/mol. The lowest BCUT2D eigenvalue weighted by atomic mass is 10.1. The molecule has 3 aromatic rings. The summed E-state index contributed by atoms with van der Waals surface area (Å²) in [5.74, 6) is 0. The molecular formula is C12H12BrN3S2. The lowest BCUT2D eigenvalue weighted by Crippen LogP contribution is -2.18. The van der Waals surface area contributed by atoms with E-state index in [1.165, 1.54) is 9.35 Å². The molecule has 3 heterocycles.